The molecule has 5 amide bonds. The summed E-state index contributed by atoms with van der Waals surface area (Å²) in [6, 6.07) is 15.5. The van der Waals surface area contributed by atoms with E-state index in [2.05, 4.69) is 16.0 Å². The van der Waals surface area contributed by atoms with Crippen molar-refractivity contribution in [2.45, 2.75) is 51.1 Å². The number of nitrogens with zero attached hydrogens (tertiary/aromatic N) is 1. The van der Waals surface area contributed by atoms with Gasteiger partial charge in [0.1, 0.15) is 12.1 Å². The maximum Gasteiger partial charge on any atom is 0.325 e. The fourth-order valence-corrected chi connectivity index (χ4v) is 4.86. The van der Waals surface area contributed by atoms with Crippen molar-refractivity contribution in [3.8, 4) is 0 Å². The van der Waals surface area contributed by atoms with E-state index < -0.39 is 24.0 Å². The Labute approximate surface area is 199 Å². The van der Waals surface area contributed by atoms with Gasteiger partial charge in [0.25, 0.3) is 11.8 Å². The molecule has 178 valence electrons. The Kier molecular flexibility index (Phi) is 6.68. The molecule has 8 nitrogen and oxygen atoms in total. The second-order valence-electron chi connectivity index (χ2n) is 9.14. The molecule has 8 heteroatoms. The molecule has 1 saturated heterocycles. The maximum atomic E-state index is 13.1. The first-order valence-corrected chi connectivity index (χ1v) is 11.7. The predicted octanol–water partition coefficient (Wildman–Crippen LogP) is 3.62. The van der Waals surface area contributed by atoms with E-state index in [1.807, 2.05) is 44.2 Å². The minimum atomic E-state index is -0.916. The quantitative estimate of drug-likeness (QED) is 0.570. The van der Waals surface area contributed by atoms with E-state index >= 15 is 0 Å². The van der Waals surface area contributed by atoms with Gasteiger partial charge in [-0.15, -0.1) is 0 Å². The lowest BCUT2D eigenvalue weighted by Gasteiger charge is -2.36. The van der Waals surface area contributed by atoms with E-state index in [1.165, 1.54) is 0 Å². The van der Waals surface area contributed by atoms with E-state index in [0.717, 1.165) is 29.7 Å². The summed E-state index contributed by atoms with van der Waals surface area (Å²) in [6.07, 6.45) is 3.32. The average molecular weight is 463 g/mol. The molecule has 1 aliphatic heterocycles. The number of rotatable bonds is 6. The normalized spacial score (nSPS) is 22.9. The Balaban J connectivity index is 1.43. The maximum absolute atomic E-state index is 13.1. The third-order valence-electron chi connectivity index (χ3n) is 6.90. The summed E-state index contributed by atoms with van der Waals surface area (Å²) in [5.41, 5.74) is 0.661. The molecule has 1 saturated carbocycles. The number of urea groups is 1. The van der Waals surface area contributed by atoms with Crippen molar-refractivity contribution in [3.05, 3.63) is 65.7 Å². The van der Waals surface area contributed by atoms with Crippen LogP contribution >= 0.6 is 0 Å². The summed E-state index contributed by atoms with van der Waals surface area (Å²) < 4.78 is 0. The monoisotopic (exact) mass is 462 g/mol. The van der Waals surface area contributed by atoms with Crippen LogP contribution in [0.4, 0.5) is 10.5 Å². The molecular formula is C26H30N4O4. The predicted molar refractivity (Wildman–Crippen MR) is 128 cm³/mol. The van der Waals surface area contributed by atoms with Crippen molar-refractivity contribution in [3.63, 3.8) is 0 Å². The molecule has 2 aromatic rings. The van der Waals surface area contributed by atoms with Gasteiger partial charge in [-0.2, -0.15) is 0 Å². The minimum absolute atomic E-state index is 0.0155. The van der Waals surface area contributed by atoms with Gasteiger partial charge in [-0.3, -0.25) is 19.3 Å². The fourth-order valence-electron chi connectivity index (χ4n) is 4.86. The van der Waals surface area contributed by atoms with E-state index in [0.29, 0.717) is 17.7 Å². The second kappa shape index (κ2) is 9.67. The molecule has 0 radical (unpaired) electrons. The zero-order valence-electron chi connectivity index (χ0n) is 19.5. The van der Waals surface area contributed by atoms with Gasteiger partial charge >= 0.3 is 6.03 Å². The number of amides is 5. The highest BCUT2D eigenvalue weighted by Gasteiger charge is 2.55. The van der Waals surface area contributed by atoms with Crippen LogP contribution in [0.2, 0.25) is 0 Å². The molecule has 0 bridgehead atoms. The molecule has 2 fully saturated rings. The largest absolute Gasteiger partial charge is 0.345 e. The van der Waals surface area contributed by atoms with Gasteiger partial charge in [0.2, 0.25) is 5.91 Å². The Morgan fingerprint density at radius 1 is 1.09 bits per heavy atom. The van der Waals surface area contributed by atoms with Crippen molar-refractivity contribution in [2.75, 3.05) is 11.9 Å². The highest BCUT2D eigenvalue weighted by molar-refractivity contribution is 6.11. The summed E-state index contributed by atoms with van der Waals surface area (Å²) in [5, 5.41) is 8.49. The number of carbonyl (C=O) groups is 4. The van der Waals surface area contributed by atoms with Gasteiger partial charge in [0, 0.05) is 0 Å². The first-order valence-electron chi connectivity index (χ1n) is 11.7. The first-order chi connectivity index (χ1) is 16.3. The molecule has 0 aromatic heterocycles. The van der Waals surface area contributed by atoms with E-state index in [4.69, 9.17) is 0 Å². The van der Waals surface area contributed by atoms with Crippen LogP contribution in [0.25, 0.3) is 0 Å². The first kappa shape index (κ1) is 23.5. The summed E-state index contributed by atoms with van der Waals surface area (Å²) in [5.74, 6) is -1.21. The third-order valence-corrected chi connectivity index (χ3v) is 6.90. The lowest BCUT2D eigenvalue weighted by molar-refractivity contribution is -0.136. The van der Waals surface area contributed by atoms with Crippen LogP contribution < -0.4 is 16.0 Å². The summed E-state index contributed by atoms with van der Waals surface area (Å²) >= 11 is 0. The molecule has 3 N–H and O–H groups in total. The van der Waals surface area contributed by atoms with E-state index in [9.17, 15) is 19.2 Å². The second-order valence-corrected chi connectivity index (χ2v) is 9.14. The van der Waals surface area contributed by atoms with Crippen molar-refractivity contribution < 1.29 is 19.2 Å². The summed E-state index contributed by atoms with van der Waals surface area (Å²) in [4.78, 5) is 52.4. The number of benzene rings is 2. The average Bonchev–Trinajstić information content (AvgIpc) is 3.06. The van der Waals surface area contributed by atoms with Crippen LogP contribution in [0.5, 0.6) is 0 Å². The fraction of sp³-hybridized carbons (Fsp3) is 0.385. The number of hydrogen-bond acceptors (Lipinski definition) is 4. The Morgan fingerprint density at radius 3 is 2.53 bits per heavy atom. The molecule has 0 unspecified atom stereocenters. The van der Waals surface area contributed by atoms with Gasteiger partial charge < -0.3 is 16.0 Å². The van der Waals surface area contributed by atoms with Gasteiger partial charge in [0.15, 0.2) is 0 Å². The molecule has 4 rings (SSSR count). The van der Waals surface area contributed by atoms with E-state index in [1.54, 1.807) is 24.3 Å². The molecule has 1 spiro atoms. The lowest BCUT2D eigenvalue weighted by atomic mass is 9.73. The van der Waals surface area contributed by atoms with Crippen molar-refractivity contribution in [1.29, 1.82) is 0 Å². The number of para-hydroxylation sites is 1. The SMILES string of the molecule is C[C@H](NC(=O)c1ccccc1NC(=O)CN1C(=O)N[C@@]2(CCCC[C@@H]2C)C1=O)c1ccccc1. The highest BCUT2D eigenvalue weighted by atomic mass is 16.2. The van der Waals surface area contributed by atoms with Crippen molar-refractivity contribution in [2.24, 2.45) is 5.92 Å². The molecular weight excluding hydrogens is 432 g/mol. The molecule has 3 atom stereocenters. The number of carbonyl (C=O) groups excluding carboxylic acids is 4. The number of nitrogens with one attached hydrogen (secondary N) is 3. The van der Waals surface area contributed by atoms with Crippen molar-refractivity contribution in [1.82, 2.24) is 15.5 Å². The molecule has 1 heterocycles. The molecule has 2 aromatic carbocycles. The smallest absolute Gasteiger partial charge is 0.325 e. The van der Waals surface area contributed by atoms with Crippen LogP contribution in [0, 0.1) is 5.92 Å². The Bertz CT molecular complexity index is 1100. The van der Waals surface area contributed by atoms with Gasteiger partial charge in [-0.05, 0) is 43.4 Å². The summed E-state index contributed by atoms with van der Waals surface area (Å²) in [7, 11) is 0. The molecule has 34 heavy (non-hydrogen) atoms. The molecule has 2 aliphatic rings. The Hall–Kier alpha value is -3.68. The van der Waals surface area contributed by atoms with Crippen molar-refractivity contribution >= 4 is 29.4 Å². The summed E-state index contributed by atoms with van der Waals surface area (Å²) in [6.45, 7) is 3.44. The van der Waals surface area contributed by atoms with Crippen LogP contribution in [0.1, 0.15) is 61.5 Å². The van der Waals surface area contributed by atoms with Gasteiger partial charge in [-0.1, -0.05) is 62.2 Å². The highest BCUT2D eigenvalue weighted by Crippen LogP contribution is 2.38. The zero-order valence-corrected chi connectivity index (χ0v) is 19.5. The zero-order chi connectivity index (χ0) is 24.3. The molecule has 1 aliphatic carbocycles. The number of hydrogen-bond donors (Lipinski definition) is 3. The van der Waals surface area contributed by atoms with Crippen LogP contribution in [-0.4, -0.2) is 40.7 Å². The van der Waals surface area contributed by atoms with E-state index in [-0.39, 0.29) is 23.8 Å². The minimum Gasteiger partial charge on any atom is -0.345 e. The number of imide groups is 1. The van der Waals surface area contributed by atoms with Gasteiger partial charge in [-0.25, -0.2) is 4.79 Å². The van der Waals surface area contributed by atoms with Gasteiger partial charge in [0.05, 0.1) is 17.3 Å². The van der Waals surface area contributed by atoms with Crippen LogP contribution in [0.15, 0.2) is 54.6 Å². The lowest BCUT2D eigenvalue weighted by Crippen LogP contribution is -2.54. The number of anilines is 1. The Morgan fingerprint density at radius 2 is 1.79 bits per heavy atom. The van der Waals surface area contributed by atoms with Crippen LogP contribution in [-0.2, 0) is 9.59 Å². The van der Waals surface area contributed by atoms with Crippen LogP contribution in [0.3, 0.4) is 0 Å². The standard InChI is InChI=1S/C26H30N4O4/c1-17-10-8-9-15-26(17)24(33)30(25(34)29-26)16-22(31)28-21-14-7-6-13-20(21)23(32)27-18(2)19-11-4-3-5-12-19/h3-7,11-14,17-18H,8-10,15-16H2,1-2H3,(H,27,32)(H,28,31)(H,29,34)/t17-,18-,26+/m0/s1. The third kappa shape index (κ3) is 4.53. The topological polar surface area (TPSA) is 108 Å².